The van der Waals surface area contributed by atoms with E-state index in [1.54, 1.807) is 36.3 Å². The van der Waals surface area contributed by atoms with Gasteiger partial charge in [-0.25, -0.2) is 4.68 Å². The second kappa shape index (κ2) is 6.16. The molecule has 3 rings (SSSR count). The number of hydrogen-bond donors (Lipinski definition) is 1. The van der Waals surface area contributed by atoms with Crippen molar-refractivity contribution in [3.05, 3.63) is 36.2 Å². The van der Waals surface area contributed by atoms with Gasteiger partial charge in [-0.05, 0) is 38.1 Å². The molecule has 0 atom stereocenters. The van der Waals surface area contributed by atoms with Crippen LogP contribution in [0.4, 0.5) is 0 Å². The Hall–Kier alpha value is -2.54. The fraction of sp³-hybridized carbons (Fsp3) is 0.412. The highest BCUT2D eigenvalue weighted by Gasteiger charge is 2.32. The summed E-state index contributed by atoms with van der Waals surface area (Å²) in [4.78, 5) is 14.3. The summed E-state index contributed by atoms with van der Waals surface area (Å²) >= 11 is 0. The molecule has 0 unspecified atom stereocenters. The van der Waals surface area contributed by atoms with E-state index in [4.69, 9.17) is 9.47 Å². The van der Waals surface area contributed by atoms with E-state index in [-0.39, 0.29) is 17.4 Å². The molecule has 0 saturated carbocycles. The van der Waals surface area contributed by atoms with Crippen molar-refractivity contribution in [2.45, 2.75) is 19.4 Å². The van der Waals surface area contributed by atoms with Gasteiger partial charge in [-0.3, -0.25) is 4.79 Å². The Labute approximate surface area is 140 Å². The first-order valence-corrected chi connectivity index (χ1v) is 7.76. The molecular weight excluding hydrogens is 310 g/mol. The van der Waals surface area contributed by atoms with Gasteiger partial charge in [-0.1, -0.05) is 0 Å². The zero-order valence-electron chi connectivity index (χ0n) is 14.0. The first kappa shape index (κ1) is 16.3. The maximum atomic E-state index is 12.7. The average molecular weight is 331 g/mol. The van der Waals surface area contributed by atoms with Crippen molar-refractivity contribution in [2.75, 3.05) is 26.8 Å². The highest BCUT2D eigenvalue weighted by Crippen LogP contribution is 2.24. The first-order valence-electron chi connectivity index (χ1n) is 7.76. The summed E-state index contributed by atoms with van der Waals surface area (Å²) in [5, 5.41) is 14.4. The normalized spacial score (nSPS) is 16.9. The summed E-state index contributed by atoms with van der Waals surface area (Å²) in [7, 11) is 1.59. The van der Waals surface area contributed by atoms with Crippen LogP contribution in [0.2, 0.25) is 0 Å². The molecule has 7 heteroatoms. The lowest BCUT2D eigenvalue weighted by Gasteiger charge is -2.37. The molecule has 0 radical (unpaired) electrons. The fourth-order valence-electron chi connectivity index (χ4n) is 2.72. The van der Waals surface area contributed by atoms with Gasteiger partial charge in [-0.2, -0.15) is 5.10 Å². The van der Waals surface area contributed by atoms with Crippen LogP contribution < -0.4 is 4.74 Å². The number of morpholine rings is 1. The van der Waals surface area contributed by atoms with Gasteiger partial charge in [0.05, 0.1) is 31.2 Å². The number of aromatic nitrogens is 2. The van der Waals surface area contributed by atoms with E-state index in [0.717, 1.165) is 11.4 Å². The Morgan fingerprint density at radius 3 is 2.67 bits per heavy atom. The minimum absolute atomic E-state index is 0.0449. The van der Waals surface area contributed by atoms with Gasteiger partial charge in [0.15, 0.2) is 11.4 Å². The van der Waals surface area contributed by atoms with Crippen molar-refractivity contribution in [1.82, 2.24) is 14.7 Å². The molecule has 1 aliphatic rings. The lowest BCUT2D eigenvalue weighted by molar-refractivity contribution is -0.0765. The summed E-state index contributed by atoms with van der Waals surface area (Å²) in [6.07, 6.45) is 1.43. The van der Waals surface area contributed by atoms with Crippen molar-refractivity contribution >= 4 is 5.91 Å². The number of nitrogens with zero attached hydrogens (tertiary/aromatic N) is 3. The van der Waals surface area contributed by atoms with Gasteiger partial charge in [0.1, 0.15) is 5.75 Å². The molecular formula is C17H21N3O4. The smallest absolute Gasteiger partial charge is 0.278 e. The predicted molar refractivity (Wildman–Crippen MR) is 87.7 cm³/mol. The molecule has 0 bridgehead atoms. The van der Waals surface area contributed by atoms with Crippen molar-refractivity contribution < 1.29 is 19.4 Å². The fourth-order valence-corrected chi connectivity index (χ4v) is 2.72. The molecule has 1 fully saturated rings. The van der Waals surface area contributed by atoms with Crippen molar-refractivity contribution in [2.24, 2.45) is 0 Å². The van der Waals surface area contributed by atoms with E-state index in [1.165, 1.54) is 10.9 Å². The summed E-state index contributed by atoms with van der Waals surface area (Å²) < 4.78 is 12.2. The number of carbonyl (C=O) groups excluding carboxylic acids is 1. The molecule has 2 aromatic rings. The van der Waals surface area contributed by atoms with E-state index in [0.29, 0.717) is 19.7 Å². The summed E-state index contributed by atoms with van der Waals surface area (Å²) in [6, 6.07) is 7.19. The number of aromatic hydroxyl groups is 1. The van der Waals surface area contributed by atoms with Crippen LogP contribution in [-0.2, 0) is 4.74 Å². The van der Waals surface area contributed by atoms with Crippen LogP contribution in [0.1, 0.15) is 24.3 Å². The van der Waals surface area contributed by atoms with Crippen LogP contribution in [0.5, 0.6) is 11.5 Å². The van der Waals surface area contributed by atoms with Crippen molar-refractivity contribution in [3.63, 3.8) is 0 Å². The van der Waals surface area contributed by atoms with Crippen molar-refractivity contribution in [1.29, 1.82) is 0 Å². The standard InChI is InChI=1S/C17H21N3O4/c1-17(2)11-19(8-9-24-17)16(22)15-14(21)10-20(18-15)12-4-6-13(23-3)7-5-12/h4-7,10,21H,8-9,11H2,1-3H3. The molecule has 1 saturated heterocycles. The SMILES string of the molecule is COc1ccc(-n2cc(O)c(C(=O)N3CCOC(C)(C)C3)n2)cc1. The van der Waals surface area contributed by atoms with E-state index in [9.17, 15) is 9.90 Å². The molecule has 0 spiro atoms. The summed E-state index contributed by atoms with van der Waals surface area (Å²) in [5.74, 6) is 0.290. The number of hydrogen-bond acceptors (Lipinski definition) is 5. The maximum absolute atomic E-state index is 12.7. The maximum Gasteiger partial charge on any atom is 0.278 e. The zero-order valence-corrected chi connectivity index (χ0v) is 14.0. The second-order valence-electron chi connectivity index (χ2n) is 6.34. The lowest BCUT2D eigenvalue weighted by atomic mass is 10.1. The summed E-state index contributed by atoms with van der Waals surface area (Å²) in [6.45, 7) is 5.28. The Kier molecular flexibility index (Phi) is 4.19. The number of rotatable bonds is 3. The molecule has 1 N–H and O–H groups in total. The lowest BCUT2D eigenvalue weighted by Crippen LogP contribution is -2.50. The topological polar surface area (TPSA) is 76.8 Å². The predicted octanol–water partition coefficient (Wildman–Crippen LogP) is 1.84. The van der Waals surface area contributed by atoms with E-state index in [1.807, 2.05) is 13.8 Å². The summed E-state index contributed by atoms with van der Waals surface area (Å²) in [5.41, 5.74) is 0.373. The number of methoxy groups -OCH3 is 1. The number of benzene rings is 1. The zero-order chi connectivity index (χ0) is 17.3. The molecule has 24 heavy (non-hydrogen) atoms. The molecule has 7 nitrogen and oxygen atoms in total. The van der Waals surface area contributed by atoms with Crippen LogP contribution in [0.25, 0.3) is 5.69 Å². The Morgan fingerprint density at radius 2 is 2.04 bits per heavy atom. The number of carbonyl (C=O) groups is 1. The molecule has 1 aliphatic heterocycles. The number of amides is 1. The molecule has 1 aromatic carbocycles. The molecule has 1 aromatic heterocycles. The van der Waals surface area contributed by atoms with Crippen molar-refractivity contribution in [3.8, 4) is 17.2 Å². The van der Waals surface area contributed by atoms with E-state index in [2.05, 4.69) is 5.10 Å². The molecule has 1 amide bonds. The van der Waals surface area contributed by atoms with Gasteiger partial charge < -0.3 is 19.5 Å². The molecule has 0 aliphatic carbocycles. The average Bonchev–Trinajstić information content (AvgIpc) is 2.95. The van der Waals surface area contributed by atoms with Crippen LogP contribution in [-0.4, -0.2) is 58.1 Å². The van der Waals surface area contributed by atoms with Gasteiger partial charge in [0.2, 0.25) is 0 Å². The monoisotopic (exact) mass is 331 g/mol. The van der Waals surface area contributed by atoms with Crippen LogP contribution in [0, 0.1) is 0 Å². The molecule has 128 valence electrons. The van der Waals surface area contributed by atoms with Gasteiger partial charge in [0.25, 0.3) is 5.91 Å². The Balaban J connectivity index is 1.84. The second-order valence-corrected chi connectivity index (χ2v) is 6.34. The highest BCUT2D eigenvalue weighted by atomic mass is 16.5. The van der Waals surface area contributed by atoms with E-state index >= 15 is 0 Å². The van der Waals surface area contributed by atoms with Gasteiger partial charge in [-0.15, -0.1) is 0 Å². The third-order valence-electron chi connectivity index (χ3n) is 3.95. The van der Waals surface area contributed by atoms with Crippen LogP contribution in [0.3, 0.4) is 0 Å². The number of ether oxygens (including phenoxy) is 2. The van der Waals surface area contributed by atoms with Gasteiger partial charge >= 0.3 is 0 Å². The third kappa shape index (κ3) is 3.21. The quantitative estimate of drug-likeness (QED) is 0.928. The Bertz CT molecular complexity index is 737. The minimum atomic E-state index is -0.401. The molecule has 2 heterocycles. The van der Waals surface area contributed by atoms with E-state index < -0.39 is 5.60 Å². The van der Waals surface area contributed by atoms with Crippen LogP contribution >= 0.6 is 0 Å². The van der Waals surface area contributed by atoms with Gasteiger partial charge in [0, 0.05) is 13.1 Å². The Morgan fingerprint density at radius 1 is 1.33 bits per heavy atom. The largest absolute Gasteiger partial charge is 0.504 e. The minimum Gasteiger partial charge on any atom is -0.504 e. The first-order chi connectivity index (χ1) is 11.4. The highest BCUT2D eigenvalue weighted by molar-refractivity contribution is 5.95. The van der Waals surface area contributed by atoms with Crippen LogP contribution in [0.15, 0.2) is 30.5 Å². The third-order valence-corrected chi connectivity index (χ3v) is 3.95.